The monoisotopic (exact) mass is 444 g/mol. The van der Waals surface area contributed by atoms with Crippen LogP contribution in [0.25, 0.3) is 10.8 Å². The van der Waals surface area contributed by atoms with Gasteiger partial charge in [-0.2, -0.15) is 0 Å². The number of fused-ring (bicyclic) bond motifs is 1. The molecule has 1 amide bonds. The van der Waals surface area contributed by atoms with Crippen LogP contribution >= 0.6 is 15.9 Å². The molecule has 150 valence electrons. The molecule has 1 aliphatic heterocycles. The summed E-state index contributed by atoms with van der Waals surface area (Å²) in [5, 5.41) is 5.19. The minimum Gasteiger partial charge on any atom is -0.488 e. The number of carbonyl (C=O) groups is 1. The highest BCUT2D eigenvalue weighted by atomic mass is 79.9. The van der Waals surface area contributed by atoms with Gasteiger partial charge >= 0.3 is 0 Å². The Labute approximate surface area is 176 Å². The number of amides is 1. The second-order valence-corrected chi connectivity index (χ2v) is 8.18. The maximum absolute atomic E-state index is 13.1. The number of hydrogen-bond acceptors (Lipinski definition) is 3. The number of likely N-dealkylation sites (tertiary alicyclic amines) is 1. The zero-order chi connectivity index (χ0) is 19.9. The molecule has 5 heteroatoms. The van der Waals surface area contributed by atoms with Crippen molar-refractivity contribution in [2.75, 3.05) is 26.2 Å². The van der Waals surface area contributed by atoms with Crippen LogP contribution in [0.2, 0.25) is 0 Å². The molecule has 1 N–H and O–H groups in total. The molecule has 0 bridgehead atoms. The van der Waals surface area contributed by atoms with Gasteiger partial charge in [-0.3, -0.25) is 4.79 Å². The number of nitrogens with zero attached hydrogens (tertiary/aromatic N) is 1. The quantitative estimate of drug-likeness (QED) is 0.571. The van der Waals surface area contributed by atoms with Crippen molar-refractivity contribution in [2.45, 2.75) is 38.6 Å². The second-order valence-electron chi connectivity index (χ2n) is 7.32. The highest BCUT2D eigenvalue weighted by Gasteiger charge is 2.23. The zero-order valence-electron chi connectivity index (χ0n) is 16.5. The van der Waals surface area contributed by atoms with Crippen LogP contribution in [0.15, 0.2) is 47.5 Å². The largest absolute Gasteiger partial charge is 0.488 e. The number of unbranched alkanes of at least 4 members (excludes halogenated alkanes) is 1. The Morgan fingerprint density at radius 3 is 2.71 bits per heavy atom. The Bertz CT molecular complexity index is 829. The van der Waals surface area contributed by atoms with Crippen molar-refractivity contribution < 1.29 is 9.53 Å². The summed E-state index contributed by atoms with van der Waals surface area (Å²) >= 11 is 3.61. The smallest absolute Gasteiger partial charge is 0.255 e. The van der Waals surface area contributed by atoms with Crippen LogP contribution in [0.1, 0.15) is 43.0 Å². The summed E-state index contributed by atoms with van der Waals surface area (Å²) in [6.07, 6.45) is 6.15. The van der Waals surface area contributed by atoms with E-state index in [0.717, 1.165) is 47.7 Å². The van der Waals surface area contributed by atoms with Crippen molar-refractivity contribution in [1.82, 2.24) is 10.2 Å². The maximum atomic E-state index is 13.1. The summed E-state index contributed by atoms with van der Waals surface area (Å²) in [6.45, 7) is 9.57. The molecule has 0 aromatic heterocycles. The lowest BCUT2D eigenvalue weighted by Gasteiger charge is -2.32. The molecular weight excluding hydrogens is 416 g/mol. The van der Waals surface area contributed by atoms with Gasteiger partial charge < -0.3 is 15.0 Å². The predicted molar refractivity (Wildman–Crippen MR) is 119 cm³/mol. The van der Waals surface area contributed by atoms with Gasteiger partial charge in [0, 0.05) is 29.0 Å². The summed E-state index contributed by atoms with van der Waals surface area (Å²) in [5.41, 5.74) is 0.570. The van der Waals surface area contributed by atoms with E-state index in [1.54, 1.807) is 6.08 Å². The fourth-order valence-corrected chi connectivity index (χ4v) is 4.29. The summed E-state index contributed by atoms with van der Waals surface area (Å²) in [6, 6.07) is 10.0. The van der Waals surface area contributed by atoms with E-state index in [1.165, 1.54) is 12.8 Å². The Balaban J connectivity index is 1.77. The van der Waals surface area contributed by atoms with Gasteiger partial charge in [0.2, 0.25) is 0 Å². The predicted octanol–water partition coefficient (Wildman–Crippen LogP) is 5.16. The molecule has 1 heterocycles. The molecule has 1 saturated heterocycles. The molecule has 2 aromatic carbocycles. The van der Waals surface area contributed by atoms with Gasteiger partial charge in [-0.1, -0.05) is 66.2 Å². The van der Waals surface area contributed by atoms with Gasteiger partial charge in [-0.15, -0.1) is 0 Å². The van der Waals surface area contributed by atoms with Gasteiger partial charge in [-0.05, 0) is 37.3 Å². The van der Waals surface area contributed by atoms with E-state index in [2.05, 4.69) is 39.6 Å². The standard InChI is InChI=1S/C23H29BrN2O2/c1-3-5-12-26-13-10-17(11-14-26)25-23(27)20-16-21(24)18-8-6-7-9-19(18)22(20)28-15-4-2/h4,6-9,16-17H,2-3,5,10-15H2,1H3,(H,25,27). The molecule has 28 heavy (non-hydrogen) atoms. The molecular formula is C23H29BrN2O2. The Kier molecular flexibility index (Phi) is 7.51. The highest BCUT2D eigenvalue weighted by Crippen LogP contribution is 2.35. The Morgan fingerprint density at radius 2 is 2.04 bits per heavy atom. The van der Waals surface area contributed by atoms with Crippen molar-refractivity contribution in [1.29, 1.82) is 0 Å². The molecule has 0 atom stereocenters. The van der Waals surface area contributed by atoms with Crippen LogP contribution in [0.5, 0.6) is 5.75 Å². The SMILES string of the molecule is C=CCOc1c(C(=O)NC2CCN(CCCC)CC2)cc(Br)c2ccccc12. The van der Waals surface area contributed by atoms with Crippen LogP contribution in [0.3, 0.4) is 0 Å². The van der Waals surface area contributed by atoms with Crippen LogP contribution < -0.4 is 10.1 Å². The van der Waals surface area contributed by atoms with E-state index >= 15 is 0 Å². The summed E-state index contributed by atoms with van der Waals surface area (Å²) in [5.74, 6) is 0.550. The minimum absolute atomic E-state index is 0.0717. The van der Waals surface area contributed by atoms with Crippen molar-refractivity contribution in [3.8, 4) is 5.75 Å². The van der Waals surface area contributed by atoms with Gasteiger partial charge in [0.05, 0.1) is 5.56 Å². The number of piperidine rings is 1. The van der Waals surface area contributed by atoms with E-state index in [9.17, 15) is 4.79 Å². The van der Waals surface area contributed by atoms with E-state index in [0.29, 0.717) is 17.9 Å². The topological polar surface area (TPSA) is 41.6 Å². The van der Waals surface area contributed by atoms with Crippen molar-refractivity contribution in [3.63, 3.8) is 0 Å². The third-order valence-corrected chi connectivity index (χ3v) is 5.94. The van der Waals surface area contributed by atoms with E-state index in [4.69, 9.17) is 4.74 Å². The van der Waals surface area contributed by atoms with Crippen LogP contribution in [0.4, 0.5) is 0 Å². The maximum Gasteiger partial charge on any atom is 0.255 e. The first-order valence-electron chi connectivity index (χ1n) is 10.1. The van der Waals surface area contributed by atoms with E-state index in [-0.39, 0.29) is 11.9 Å². The summed E-state index contributed by atoms with van der Waals surface area (Å²) in [7, 11) is 0. The van der Waals surface area contributed by atoms with Gasteiger partial charge in [0.15, 0.2) is 0 Å². The van der Waals surface area contributed by atoms with E-state index in [1.807, 2.05) is 30.3 Å². The van der Waals surface area contributed by atoms with Crippen LogP contribution in [-0.2, 0) is 0 Å². The number of hydrogen-bond donors (Lipinski definition) is 1. The second kappa shape index (κ2) is 10.1. The van der Waals surface area contributed by atoms with Crippen LogP contribution in [0, 0.1) is 0 Å². The molecule has 0 spiro atoms. The Morgan fingerprint density at radius 1 is 1.32 bits per heavy atom. The number of rotatable bonds is 8. The number of benzene rings is 2. The third-order valence-electron chi connectivity index (χ3n) is 5.29. The molecule has 0 aliphatic carbocycles. The number of ether oxygens (including phenoxy) is 1. The third kappa shape index (κ3) is 4.95. The number of carbonyl (C=O) groups excluding carboxylic acids is 1. The van der Waals surface area contributed by atoms with E-state index < -0.39 is 0 Å². The van der Waals surface area contributed by atoms with Crippen molar-refractivity contribution in [2.24, 2.45) is 0 Å². The van der Waals surface area contributed by atoms with Crippen molar-refractivity contribution >= 4 is 32.6 Å². The molecule has 2 aromatic rings. The fourth-order valence-electron chi connectivity index (χ4n) is 3.72. The van der Waals surface area contributed by atoms with Gasteiger partial charge in [0.25, 0.3) is 5.91 Å². The lowest BCUT2D eigenvalue weighted by Crippen LogP contribution is -2.44. The molecule has 0 radical (unpaired) electrons. The fraction of sp³-hybridized carbons (Fsp3) is 0.435. The van der Waals surface area contributed by atoms with Gasteiger partial charge in [0.1, 0.15) is 12.4 Å². The lowest BCUT2D eigenvalue weighted by atomic mass is 10.0. The normalized spacial score (nSPS) is 15.5. The first-order chi connectivity index (χ1) is 13.6. The number of nitrogens with one attached hydrogen (secondary N) is 1. The summed E-state index contributed by atoms with van der Waals surface area (Å²) in [4.78, 5) is 15.6. The zero-order valence-corrected chi connectivity index (χ0v) is 18.1. The van der Waals surface area contributed by atoms with Crippen molar-refractivity contribution in [3.05, 3.63) is 53.0 Å². The van der Waals surface area contributed by atoms with Crippen LogP contribution in [-0.4, -0.2) is 43.1 Å². The first-order valence-corrected chi connectivity index (χ1v) is 10.9. The van der Waals surface area contributed by atoms with Gasteiger partial charge in [-0.25, -0.2) is 0 Å². The number of halogens is 1. The minimum atomic E-state index is -0.0717. The molecule has 1 fully saturated rings. The Hall–Kier alpha value is -1.85. The highest BCUT2D eigenvalue weighted by molar-refractivity contribution is 9.10. The molecule has 0 unspecified atom stereocenters. The summed E-state index contributed by atoms with van der Waals surface area (Å²) < 4.78 is 6.82. The molecule has 3 rings (SSSR count). The molecule has 4 nitrogen and oxygen atoms in total. The average molecular weight is 445 g/mol. The lowest BCUT2D eigenvalue weighted by molar-refractivity contribution is 0.0907. The molecule has 1 aliphatic rings. The molecule has 0 saturated carbocycles. The average Bonchev–Trinajstić information content (AvgIpc) is 2.72. The first kappa shape index (κ1) is 20.9.